The van der Waals surface area contributed by atoms with Crippen molar-refractivity contribution >= 4 is 11.8 Å². The number of urea groups is 1. The average molecular weight is 313 g/mol. The summed E-state index contributed by atoms with van der Waals surface area (Å²) in [7, 11) is 1.82. The van der Waals surface area contributed by atoms with Crippen LogP contribution in [0.5, 0.6) is 0 Å². The molecule has 6 nitrogen and oxygen atoms in total. The predicted octanol–water partition coefficient (Wildman–Crippen LogP) is 2.21. The maximum Gasteiger partial charge on any atom is 0.320 e. The molecular weight excluding hydrogens is 290 g/mol. The average Bonchev–Trinajstić information content (AvgIpc) is 2.95. The lowest BCUT2D eigenvalue weighted by atomic mass is 10.0. The Labute approximate surface area is 136 Å². The van der Waals surface area contributed by atoms with Crippen molar-refractivity contribution in [1.82, 2.24) is 20.0 Å². The third-order valence-corrected chi connectivity index (χ3v) is 4.13. The van der Waals surface area contributed by atoms with E-state index in [2.05, 4.69) is 44.9 Å². The van der Waals surface area contributed by atoms with Crippen LogP contribution in [0, 0.1) is 0 Å². The molecule has 2 heterocycles. The molecule has 2 amide bonds. The fourth-order valence-electron chi connectivity index (χ4n) is 2.90. The van der Waals surface area contributed by atoms with Crippen LogP contribution < -0.4 is 10.6 Å². The number of carbonyl (C=O) groups is 1. The van der Waals surface area contributed by atoms with Crippen LogP contribution >= 0.6 is 0 Å². The Morgan fingerprint density at radius 3 is 2.61 bits per heavy atom. The molecule has 122 valence electrons. The molecule has 1 aromatic carbocycles. The Kier molecular flexibility index (Phi) is 4.92. The molecule has 2 N–H and O–H groups in total. The van der Waals surface area contributed by atoms with Gasteiger partial charge in [0.05, 0.1) is 0 Å². The molecule has 1 aliphatic rings. The van der Waals surface area contributed by atoms with Crippen LogP contribution in [0.15, 0.2) is 42.6 Å². The molecule has 3 rings (SSSR count). The van der Waals surface area contributed by atoms with Crippen molar-refractivity contribution in [1.29, 1.82) is 0 Å². The second-order valence-corrected chi connectivity index (χ2v) is 6.01. The second-order valence-electron chi connectivity index (χ2n) is 6.01. The number of anilines is 1. The molecule has 1 aliphatic heterocycles. The number of amides is 2. The Morgan fingerprint density at radius 2 is 1.96 bits per heavy atom. The first kappa shape index (κ1) is 15.6. The highest BCUT2D eigenvalue weighted by Gasteiger charge is 2.20. The SMILES string of the molecule is Cn1ccc(NC(=O)NC2CCN(Cc3ccccc3)CC2)n1. The highest BCUT2D eigenvalue weighted by molar-refractivity contribution is 5.88. The van der Waals surface area contributed by atoms with Gasteiger partial charge in [-0.25, -0.2) is 4.79 Å². The summed E-state index contributed by atoms with van der Waals surface area (Å²) in [6, 6.07) is 12.3. The Bertz CT molecular complexity index is 631. The summed E-state index contributed by atoms with van der Waals surface area (Å²) < 4.78 is 1.66. The summed E-state index contributed by atoms with van der Waals surface area (Å²) in [5.41, 5.74) is 1.34. The van der Waals surface area contributed by atoms with Gasteiger partial charge in [0.15, 0.2) is 5.82 Å². The molecule has 1 saturated heterocycles. The Balaban J connectivity index is 1.41. The second kappa shape index (κ2) is 7.28. The molecule has 0 unspecified atom stereocenters. The van der Waals surface area contributed by atoms with Crippen LogP contribution in [0.25, 0.3) is 0 Å². The number of carbonyl (C=O) groups excluding carboxylic acids is 1. The predicted molar refractivity (Wildman–Crippen MR) is 90.1 cm³/mol. The molecule has 0 radical (unpaired) electrons. The van der Waals surface area contributed by atoms with E-state index in [4.69, 9.17) is 0 Å². The summed E-state index contributed by atoms with van der Waals surface area (Å²) >= 11 is 0. The van der Waals surface area contributed by atoms with Crippen LogP contribution in [-0.4, -0.2) is 39.8 Å². The smallest absolute Gasteiger partial charge is 0.320 e. The van der Waals surface area contributed by atoms with Gasteiger partial charge in [-0.15, -0.1) is 0 Å². The number of nitrogens with zero attached hydrogens (tertiary/aromatic N) is 3. The van der Waals surface area contributed by atoms with E-state index in [1.165, 1.54) is 5.56 Å². The summed E-state index contributed by atoms with van der Waals surface area (Å²) in [6.45, 7) is 2.99. The molecule has 0 atom stereocenters. The zero-order valence-corrected chi connectivity index (χ0v) is 13.4. The van der Waals surface area contributed by atoms with Crippen molar-refractivity contribution in [3.05, 3.63) is 48.2 Å². The van der Waals surface area contributed by atoms with Gasteiger partial charge in [0.1, 0.15) is 0 Å². The summed E-state index contributed by atoms with van der Waals surface area (Å²) in [5, 5.41) is 9.94. The number of hydrogen-bond donors (Lipinski definition) is 2. The monoisotopic (exact) mass is 313 g/mol. The van der Waals surface area contributed by atoms with E-state index in [0.717, 1.165) is 32.5 Å². The van der Waals surface area contributed by atoms with Crippen LogP contribution in [0.4, 0.5) is 10.6 Å². The highest BCUT2D eigenvalue weighted by atomic mass is 16.2. The number of nitrogens with one attached hydrogen (secondary N) is 2. The van der Waals surface area contributed by atoms with Gasteiger partial charge in [-0.1, -0.05) is 30.3 Å². The molecule has 0 aliphatic carbocycles. The fraction of sp³-hybridized carbons (Fsp3) is 0.412. The third kappa shape index (κ3) is 4.56. The lowest BCUT2D eigenvalue weighted by Gasteiger charge is -2.32. The fourth-order valence-corrected chi connectivity index (χ4v) is 2.90. The quantitative estimate of drug-likeness (QED) is 0.909. The van der Waals surface area contributed by atoms with E-state index < -0.39 is 0 Å². The largest absolute Gasteiger partial charge is 0.335 e. The van der Waals surface area contributed by atoms with Crippen molar-refractivity contribution in [2.24, 2.45) is 7.05 Å². The topological polar surface area (TPSA) is 62.2 Å². The molecular formula is C17H23N5O. The van der Waals surface area contributed by atoms with Gasteiger partial charge < -0.3 is 5.32 Å². The lowest BCUT2D eigenvalue weighted by molar-refractivity contribution is 0.190. The number of aromatic nitrogens is 2. The summed E-state index contributed by atoms with van der Waals surface area (Å²) in [5.74, 6) is 0.575. The number of benzene rings is 1. The van der Waals surface area contributed by atoms with Gasteiger partial charge in [0.25, 0.3) is 0 Å². The first-order valence-electron chi connectivity index (χ1n) is 8.02. The van der Waals surface area contributed by atoms with Gasteiger partial charge in [-0.05, 0) is 18.4 Å². The first-order chi connectivity index (χ1) is 11.2. The van der Waals surface area contributed by atoms with Gasteiger partial charge in [-0.3, -0.25) is 14.9 Å². The Hall–Kier alpha value is -2.34. The molecule has 0 saturated carbocycles. The van der Waals surface area contributed by atoms with Crippen LogP contribution in [0.1, 0.15) is 18.4 Å². The molecule has 1 fully saturated rings. The third-order valence-electron chi connectivity index (χ3n) is 4.13. The number of piperidine rings is 1. The van der Waals surface area contributed by atoms with Crippen molar-refractivity contribution < 1.29 is 4.79 Å². The van der Waals surface area contributed by atoms with Gasteiger partial charge in [-0.2, -0.15) is 5.10 Å². The lowest BCUT2D eigenvalue weighted by Crippen LogP contribution is -2.45. The van der Waals surface area contributed by atoms with E-state index in [0.29, 0.717) is 5.82 Å². The normalized spacial score (nSPS) is 16.2. The standard InChI is InChI=1S/C17H23N5O/c1-21-10-9-16(20-21)19-17(23)18-15-7-11-22(12-8-15)13-14-5-3-2-4-6-14/h2-6,9-10,15H,7-8,11-13H2,1H3,(H2,18,19,20,23). The first-order valence-corrected chi connectivity index (χ1v) is 8.02. The van der Waals surface area contributed by atoms with E-state index in [1.807, 2.05) is 13.1 Å². The summed E-state index contributed by atoms with van der Waals surface area (Å²) in [6.07, 6.45) is 3.75. The number of hydrogen-bond acceptors (Lipinski definition) is 3. The van der Waals surface area contributed by atoms with Crippen molar-refractivity contribution in [3.63, 3.8) is 0 Å². The van der Waals surface area contributed by atoms with Gasteiger partial charge in [0.2, 0.25) is 0 Å². The minimum absolute atomic E-state index is 0.176. The van der Waals surface area contributed by atoms with Gasteiger partial charge >= 0.3 is 6.03 Å². The molecule has 0 bridgehead atoms. The maximum atomic E-state index is 12.0. The zero-order chi connectivity index (χ0) is 16.1. The van der Waals surface area contributed by atoms with E-state index in [9.17, 15) is 4.79 Å². The molecule has 1 aromatic heterocycles. The van der Waals surface area contributed by atoms with Crippen LogP contribution in [0.2, 0.25) is 0 Å². The Morgan fingerprint density at radius 1 is 1.22 bits per heavy atom. The number of aryl methyl sites for hydroxylation is 1. The van der Waals surface area contributed by atoms with Crippen molar-refractivity contribution in [3.8, 4) is 0 Å². The minimum Gasteiger partial charge on any atom is -0.335 e. The number of rotatable bonds is 4. The van der Waals surface area contributed by atoms with Crippen LogP contribution in [-0.2, 0) is 13.6 Å². The maximum absolute atomic E-state index is 12.0. The van der Waals surface area contributed by atoms with Crippen LogP contribution in [0.3, 0.4) is 0 Å². The van der Waals surface area contributed by atoms with Crippen molar-refractivity contribution in [2.45, 2.75) is 25.4 Å². The van der Waals surface area contributed by atoms with Gasteiger partial charge in [0, 0.05) is 45.0 Å². The van der Waals surface area contributed by atoms with E-state index in [-0.39, 0.29) is 12.1 Å². The molecule has 2 aromatic rings. The van der Waals surface area contributed by atoms with Crippen molar-refractivity contribution in [2.75, 3.05) is 18.4 Å². The zero-order valence-electron chi connectivity index (χ0n) is 13.4. The van der Waals surface area contributed by atoms with E-state index in [1.54, 1.807) is 16.9 Å². The molecule has 6 heteroatoms. The number of likely N-dealkylation sites (tertiary alicyclic amines) is 1. The van der Waals surface area contributed by atoms with E-state index >= 15 is 0 Å². The molecule has 23 heavy (non-hydrogen) atoms. The highest BCUT2D eigenvalue weighted by Crippen LogP contribution is 2.14. The summed E-state index contributed by atoms with van der Waals surface area (Å²) in [4.78, 5) is 14.4. The molecule has 0 spiro atoms. The minimum atomic E-state index is -0.176.